The Morgan fingerprint density at radius 3 is 2.67 bits per heavy atom. The molecular formula is C18H16FN3O5. The van der Waals surface area contributed by atoms with Gasteiger partial charge in [0.15, 0.2) is 6.61 Å². The van der Waals surface area contributed by atoms with Crippen LogP contribution in [0.5, 0.6) is 5.75 Å². The molecule has 0 saturated heterocycles. The van der Waals surface area contributed by atoms with Gasteiger partial charge in [0, 0.05) is 11.1 Å². The summed E-state index contributed by atoms with van der Waals surface area (Å²) in [7, 11) is 0. The third-order valence-electron chi connectivity index (χ3n) is 3.16. The molecule has 2 aromatic carbocycles. The Labute approximate surface area is 153 Å². The predicted molar refractivity (Wildman–Crippen MR) is 94.0 cm³/mol. The molecular weight excluding hydrogens is 357 g/mol. The van der Waals surface area contributed by atoms with Crippen LogP contribution in [-0.4, -0.2) is 42.3 Å². The van der Waals surface area contributed by atoms with Crippen LogP contribution in [0.4, 0.5) is 4.39 Å². The maximum absolute atomic E-state index is 13.1. The van der Waals surface area contributed by atoms with Gasteiger partial charge in [0.1, 0.15) is 11.6 Å². The molecule has 0 unspecified atom stereocenters. The van der Waals surface area contributed by atoms with E-state index in [-0.39, 0.29) is 17.9 Å². The molecule has 2 amide bonds. The second kappa shape index (κ2) is 9.66. The Balaban J connectivity index is 1.85. The highest BCUT2D eigenvalue weighted by Crippen LogP contribution is 2.15. The molecule has 0 bridgehead atoms. The first-order chi connectivity index (χ1) is 13.0. The quantitative estimate of drug-likeness (QED) is 0.474. The minimum atomic E-state index is -1.12. The van der Waals surface area contributed by atoms with Gasteiger partial charge in [-0.15, -0.1) is 0 Å². The SMILES string of the molecule is O=C(O)COc1ccccc1/C=N\NC(=O)CNC(=O)c1cccc(F)c1. The Bertz CT molecular complexity index is 870. The molecule has 0 heterocycles. The summed E-state index contributed by atoms with van der Waals surface area (Å²) in [6.07, 6.45) is 1.28. The van der Waals surface area contributed by atoms with Crippen molar-refractivity contribution < 1.29 is 28.6 Å². The van der Waals surface area contributed by atoms with Crippen LogP contribution in [0.25, 0.3) is 0 Å². The number of ether oxygens (including phenoxy) is 1. The number of carbonyl (C=O) groups is 3. The Kier molecular flexibility index (Phi) is 7.00. The number of para-hydroxylation sites is 1. The van der Waals surface area contributed by atoms with E-state index in [9.17, 15) is 18.8 Å². The molecule has 2 aromatic rings. The molecule has 140 valence electrons. The number of amides is 2. The number of carboxylic acids is 1. The van der Waals surface area contributed by atoms with Crippen molar-refractivity contribution in [2.45, 2.75) is 0 Å². The zero-order valence-electron chi connectivity index (χ0n) is 14.0. The average Bonchev–Trinajstić information content (AvgIpc) is 2.65. The highest BCUT2D eigenvalue weighted by molar-refractivity contribution is 5.96. The van der Waals surface area contributed by atoms with Gasteiger partial charge in [-0.05, 0) is 30.3 Å². The van der Waals surface area contributed by atoms with Crippen LogP contribution in [-0.2, 0) is 9.59 Å². The molecule has 27 heavy (non-hydrogen) atoms. The largest absolute Gasteiger partial charge is 0.481 e. The number of rotatable bonds is 8. The molecule has 0 aliphatic heterocycles. The highest BCUT2D eigenvalue weighted by Gasteiger charge is 2.08. The maximum atomic E-state index is 13.1. The van der Waals surface area contributed by atoms with Gasteiger partial charge in [0.25, 0.3) is 11.8 Å². The van der Waals surface area contributed by atoms with Gasteiger partial charge >= 0.3 is 5.97 Å². The van der Waals surface area contributed by atoms with Crippen LogP contribution in [0.1, 0.15) is 15.9 Å². The molecule has 3 N–H and O–H groups in total. The lowest BCUT2D eigenvalue weighted by molar-refractivity contribution is -0.139. The molecule has 0 fully saturated rings. The molecule has 0 radical (unpaired) electrons. The molecule has 8 nitrogen and oxygen atoms in total. The van der Waals surface area contributed by atoms with Gasteiger partial charge in [-0.25, -0.2) is 14.6 Å². The lowest BCUT2D eigenvalue weighted by Crippen LogP contribution is -2.34. The van der Waals surface area contributed by atoms with Crippen LogP contribution in [0.15, 0.2) is 53.6 Å². The first kappa shape index (κ1) is 19.6. The van der Waals surface area contributed by atoms with E-state index in [1.54, 1.807) is 24.3 Å². The minimum Gasteiger partial charge on any atom is -0.481 e. The van der Waals surface area contributed by atoms with E-state index < -0.39 is 30.2 Å². The number of aliphatic carboxylic acids is 1. The van der Waals surface area contributed by atoms with Crippen molar-refractivity contribution >= 4 is 24.0 Å². The van der Waals surface area contributed by atoms with E-state index in [2.05, 4.69) is 15.8 Å². The van der Waals surface area contributed by atoms with E-state index in [0.717, 1.165) is 6.07 Å². The van der Waals surface area contributed by atoms with E-state index in [1.807, 2.05) is 0 Å². The number of nitrogens with zero attached hydrogens (tertiary/aromatic N) is 1. The Hall–Kier alpha value is -3.75. The molecule has 0 aliphatic carbocycles. The molecule has 2 rings (SSSR count). The third-order valence-corrected chi connectivity index (χ3v) is 3.16. The summed E-state index contributed by atoms with van der Waals surface area (Å²) in [5, 5.41) is 14.7. The number of nitrogens with one attached hydrogen (secondary N) is 2. The van der Waals surface area contributed by atoms with E-state index in [4.69, 9.17) is 9.84 Å². The summed E-state index contributed by atoms with van der Waals surface area (Å²) in [5.74, 6) is -2.58. The first-order valence-electron chi connectivity index (χ1n) is 7.75. The Morgan fingerprint density at radius 1 is 1.15 bits per heavy atom. The van der Waals surface area contributed by atoms with Gasteiger partial charge in [0.05, 0.1) is 12.8 Å². The normalized spacial score (nSPS) is 10.4. The lowest BCUT2D eigenvalue weighted by Gasteiger charge is -2.06. The summed E-state index contributed by atoms with van der Waals surface area (Å²) in [5.41, 5.74) is 2.77. The predicted octanol–water partition coefficient (Wildman–Crippen LogP) is 1.17. The molecule has 0 atom stereocenters. The first-order valence-corrected chi connectivity index (χ1v) is 7.75. The van der Waals surface area contributed by atoms with Crippen molar-refractivity contribution in [3.63, 3.8) is 0 Å². The summed E-state index contributed by atoms with van der Waals surface area (Å²) in [6.45, 7) is -0.868. The second-order valence-corrected chi connectivity index (χ2v) is 5.21. The summed E-state index contributed by atoms with van der Waals surface area (Å²) >= 11 is 0. The second-order valence-electron chi connectivity index (χ2n) is 5.21. The molecule has 0 aliphatic rings. The fourth-order valence-electron chi connectivity index (χ4n) is 1.96. The lowest BCUT2D eigenvalue weighted by atomic mass is 10.2. The van der Waals surface area contributed by atoms with E-state index in [1.165, 1.54) is 24.4 Å². The van der Waals surface area contributed by atoms with Crippen molar-refractivity contribution in [2.75, 3.05) is 13.2 Å². The van der Waals surface area contributed by atoms with E-state index in [0.29, 0.717) is 5.56 Å². The third kappa shape index (κ3) is 6.58. The van der Waals surface area contributed by atoms with Crippen molar-refractivity contribution in [3.05, 3.63) is 65.5 Å². The Morgan fingerprint density at radius 2 is 1.93 bits per heavy atom. The molecule has 0 saturated carbocycles. The van der Waals surface area contributed by atoms with Crippen LogP contribution in [0.2, 0.25) is 0 Å². The van der Waals surface area contributed by atoms with Gasteiger partial charge in [-0.1, -0.05) is 18.2 Å². The highest BCUT2D eigenvalue weighted by atomic mass is 19.1. The van der Waals surface area contributed by atoms with Crippen molar-refractivity contribution in [3.8, 4) is 5.75 Å². The number of carbonyl (C=O) groups excluding carboxylic acids is 2. The number of halogens is 1. The van der Waals surface area contributed by atoms with Crippen molar-refractivity contribution in [2.24, 2.45) is 5.10 Å². The van der Waals surface area contributed by atoms with Gasteiger partial charge in [-0.3, -0.25) is 9.59 Å². The zero-order chi connectivity index (χ0) is 19.6. The number of hydrogen-bond acceptors (Lipinski definition) is 5. The van der Waals surface area contributed by atoms with Crippen molar-refractivity contribution in [1.29, 1.82) is 0 Å². The smallest absolute Gasteiger partial charge is 0.341 e. The molecule has 0 aromatic heterocycles. The van der Waals surface area contributed by atoms with Crippen molar-refractivity contribution in [1.82, 2.24) is 10.7 Å². The monoisotopic (exact) mass is 373 g/mol. The van der Waals surface area contributed by atoms with E-state index >= 15 is 0 Å². The fourth-order valence-corrected chi connectivity index (χ4v) is 1.96. The number of hydrazone groups is 1. The molecule has 0 spiro atoms. The summed E-state index contributed by atoms with van der Waals surface area (Å²) in [6, 6.07) is 11.6. The molecule has 9 heteroatoms. The van der Waals surface area contributed by atoms with Crippen LogP contribution in [0, 0.1) is 5.82 Å². The van der Waals surface area contributed by atoms with Gasteiger partial charge in [0.2, 0.25) is 0 Å². The maximum Gasteiger partial charge on any atom is 0.341 e. The fraction of sp³-hybridized carbons (Fsp3) is 0.111. The van der Waals surface area contributed by atoms with Crippen LogP contribution in [0.3, 0.4) is 0 Å². The number of hydrogen-bond donors (Lipinski definition) is 3. The topological polar surface area (TPSA) is 117 Å². The number of carboxylic acid groups (broad SMARTS) is 1. The summed E-state index contributed by atoms with van der Waals surface area (Å²) < 4.78 is 18.2. The standard InChI is InChI=1S/C18H16FN3O5/c19-14-6-3-5-12(8-14)18(26)20-10-16(23)22-21-9-13-4-1-2-7-15(13)27-11-17(24)25/h1-9H,10-11H2,(H,20,26)(H,22,23)(H,24,25)/b21-9-. The van der Waals surface area contributed by atoms with Crippen LogP contribution < -0.4 is 15.5 Å². The minimum absolute atomic E-state index is 0.0933. The average molecular weight is 373 g/mol. The zero-order valence-corrected chi connectivity index (χ0v) is 14.0. The summed E-state index contributed by atoms with van der Waals surface area (Å²) in [4.78, 5) is 34.1. The van der Waals surface area contributed by atoms with Gasteiger partial charge in [-0.2, -0.15) is 5.10 Å². The van der Waals surface area contributed by atoms with Gasteiger partial charge < -0.3 is 15.2 Å². The number of benzene rings is 2. The van der Waals surface area contributed by atoms with Crippen LogP contribution >= 0.6 is 0 Å².